The number of aryl methyl sites for hydroxylation is 1. The summed E-state index contributed by atoms with van der Waals surface area (Å²) >= 11 is 3.32. The minimum atomic E-state index is -3.50. The molecule has 0 N–H and O–H groups in total. The van der Waals surface area contributed by atoms with E-state index in [1.54, 1.807) is 35.9 Å². The second kappa shape index (κ2) is 7.05. The number of hydrogen-bond donors (Lipinski definition) is 0. The van der Waals surface area contributed by atoms with Crippen LogP contribution in [-0.4, -0.2) is 40.2 Å². The first-order chi connectivity index (χ1) is 11.8. The first-order valence-electron chi connectivity index (χ1n) is 8.24. The van der Waals surface area contributed by atoms with Crippen LogP contribution in [0.5, 0.6) is 0 Å². The smallest absolute Gasteiger partial charge is 0.279 e. The summed E-state index contributed by atoms with van der Waals surface area (Å²) < 4.78 is 30.9. The molecule has 2 heterocycles. The molecular weight excluding hydrogens is 408 g/mol. The van der Waals surface area contributed by atoms with Crippen LogP contribution in [0, 0.1) is 0 Å². The van der Waals surface area contributed by atoms with Gasteiger partial charge >= 0.3 is 5.69 Å². The number of benzene rings is 1. The lowest BCUT2D eigenvalue weighted by atomic mass is 9.97. The van der Waals surface area contributed by atoms with E-state index in [0.717, 1.165) is 10.3 Å². The minimum Gasteiger partial charge on any atom is -0.279 e. The van der Waals surface area contributed by atoms with Gasteiger partial charge in [0, 0.05) is 37.1 Å². The summed E-state index contributed by atoms with van der Waals surface area (Å²) in [6, 6.07) is 6.75. The van der Waals surface area contributed by atoms with Crippen molar-refractivity contribution < 1.29 is 8.42 Å². The quantitative estimate of drug-likeness (QED) is 0.745. The lowest BCUT2D eigenvalue weighted by molar-refractivity contribution is 0.309. The number of aromatic nitrogens is 3. The molecule has 9 heteroatoms. The summed E-state index contributed by atoms with van der Waals surface area (Å²) in [4.78, 5) is 12.4. The van der Waals surface area contributed by atoms with Crippen molar-refractivity contribution >= 4 is 26.0 Å². The first-order valence-corrected chi connectivity index (χ1v) is 10.5. The predicted molar refractivity (Wildman–Crippen MR) is 98.0 cm³/mol. The molecule has 2 aromatic rings. The molecule has 1 aliphatic heterocycles. The summed E-state index contributed by atoms with van der Waals surface area (Å²) in [6.45, 7) is 3.33. The number of piperidine rings is 1. The Hall–Kier alpha value is -1.45. The van der Waals surface area contributed by atoms with Gasteiger partial charge in [0.05, 0.1) is 4.90 Å². The fourth-order valence-electron chi connectivity index (χ4n) is 3.25. The monoisotopic (exact) mass is 428 g/mol. The van der Waals surface area contributed by atoms with Crippen LogP contribution in [-0.2, 0) is 23.6 Å². The highest BCUT2D eigenvalue weighted by atomic mass is 79.9. The molecule has 0 aliphatic carbocycles. The molecule has 1 saturated heterocycles. The maximum atomic E-state index is 12.8. The molecule has 1 aromatic carbocycles. The van der Waals surface area contributed by atoms with Crippen molar-refractivity contribution in [2.45, 2.75) is 37.1 Å². The van der Waals surface area contributed by atoms with Gasteiger partial charge in [-0.1, -0.05) is 22.0 Å². The second-order valence-electron chi connectivity index (χ2n) is 6.14. The lowest BCUT2D eigenvalue weighted by Gasteiger charge is -2.30. The maximum Gasteiger partial charge on any atom is 0.345 e. The summed E-state index contributed by atoms with van der Waals surface area (Å²) in [5, 5.41) is 4.35. The van der Waals surface area contributed by atoms with Crippen LogP contribution in [0.2, 0.25) is 0 Å². The Morgan fingerprint density at radius 2 is 1.96 bits per heavy atom. The Bertz CT molecular complexity index is 927. The number of halogens is 1. The Kier molecular flexibility index (Phi) is 5.17. The van der Waals surface area contributed by atoms with Crippen LogP contribution in [0.3, 0.4) is 0 Å². The van der Waals surface area contributed by atoms with Crippen molar-refractivity contribution in [3.05, 3.63) is 45.0 Å². The van der Waals surface area contributed by atoms with Crippen molar-refractivity contribution in [3.8, 4) is 0 Å². The predicted octanol–water partition coefficient (Wildman–Crippen LogP) is 1.93. The van der Waals surface area contributed by atoms with E-state index in [0.29, 0.717) is 37.4 Å². The Labute approximate surface area is 155 Å². The van der Waals surface area contributed by atoms with Gasteiger partial charge in [-0.25, -0.2) is 17.9 Å². The molecule has 0 atom stereocenters. The van der Waals surface area contributed by atoms with E-state index in [4.69, 9.17) is 0 Å². The number of rotatable bonds is 4. The fourth-order valence-corrected chi connectivity index (χ4v) is 5.32. The highest BCUT2D eigenvalue weighted by Gasteiger charge is 2.32. The van der Waals surface area contributed by atoms with Crippen molar-refractivity contribution in [3.63, 3.8) is 0 Å². The van der Waals surface area contributed by atoms with Gasteiger partial charge in [0.15, 0.2) is 0 Å². The molecule has 1 fully saturated rings. The average Bonchev–Trinajstić information content (AvgIpc) is 2.89. The molecule has 0 spiro atoms. The number of hydrogen-bond acceptors (Lipinski definition) is 4. The Balaban J connectivity index is 1.78. The second-order valence-corrected chi connectivity index (χ2v) is 9.00. The standard InChI is InChI=1S/C16H21BrN4O3S/c1-3-21-15(18-19(2)16(21)22)12-7-9-20(10-8-12)25(23,24)14-6-4-5-13(17)11-14/h4-6,11-12H,3,7-10H2,1-2H3. The molecule has 0 saturated carbocycles. The first kappa shape index (κ1) is 18.3. The maximum absolute atomic E-state index is 12.8. The molecule has 1 aliphatic rings. The van der Waals surface area contributed by atoms with E-state index in [2.05, 4.69) is 21.0 Å². The van der Waals surface area contributed by atoms with Crippen LogP contribution < -0.4 is 5.69 Å². The number of nitrogens with zero attached hydrogens (tertiary/aromatic N) is 4. The summed E-state index contributed by atoms with van der Waals surface area (Å²) in [6.07, 6.45) is 1.31. The van der Waals surface area contributed by atoms with Crippen LogP contribution >= 0.6 is 15.9 Å². The van der Waals surface area contributed by atoms with E-state index >= 15 is 0 Å². The van der Waals surface area contributed by atoms with Gasteiger partial charge < -0.3 is 0 Å². The highest BCUT2D eigenvalue weighted by molar-refractivity contribution is 9.10. The zero-order valence-electron chi connectivity index (χ0n) is 14.2. The van der Waals surface area contributed by atoms with Crippen LogP contribution in [0.4, 0.5) is 0 Å². The summed E-state index contributed by atoms with van der Waals surface area (Å²) in [5.74, 6) is 0.859. The van der Waals surface area contributed by atoms with Gasteiger partial charge in [-0.05, 0) is 38.0 Å². The van der Waals surface area contributed by atoms with E-state index in [1.807, 2.05) is 6.92 Å². The van der Waals surface area contributed by atoms with E-state index in [1.165, 1.54) is 8.99 Å². The van der Waals surface area contributed by atoms with Gasteiger partial charge in [-0.3, -0.25) is 4.57 Å². The van der Waals surface area contributed by atoms with E-state index in [-0.39, 0.29) is 11.6 Å². The Morgan fingerprint density at radius 3 is 2.56 bits per heavy atom. The zero-order valence-corrected chi connectivity index (χ0v) is 16.6. The van der Waals surface area contributed by atoms with Gasteiger partial charge in [0.1, 0.15) is 5.82 Å². The fraction of sp³-hybridized carbons (Fsp3) is 0.500. The largest absolute Gasteiger partial charge is 0.345 e. The van der Waals surface area contributed by atoms with Crippen LogP contribution in [0.15, 0.2) is 38.4 Å². The van der Waals surface area contributed by atoms with Gasteiger partial charge in [-0.15, -0.1) is 0 Å². The third-order valence-corrected chi connectivity index (χ3v) is 6.99. The molecule has 0 amide bonds. The molecule has 1 aromatic heterocycles. The van der Waals surface area contributed by atoms with Crippen molar-refractivity contribution in [2.24, 2.45) is 7.05 Å². The normalized spacial score (nSPS) is 17.1. The molecule has 3 rings (SSSR count). The van der Waals surface area contributed by atoms with Gasteiger partial charge in [0.25, 0.3) is 0 Å². The Morgan fingerprint density at radius 1 is 1.28 bits per heavy atom. The zero-order chi connectivity index (χ0) is 18.2. The summed E-state index contributed by atoms with van der Waals surface area (Å²) in [5.41, 5.74) is -0.123. The molecule has 0 bridgehead atoms. The highest BCUT2D eigenvalue weighted by Crippen LogP contribution is 2.30. The molecule has 25 heavy (non-hydrogen) atoms. The average molecular weight is 429 g/mol. The molecular formula is C16H21BrN4O3S. The van der Waals surface area contributed by atoms with E-state index in [9.17, 15) is 13.2 Å². The van der Waals surface area contributed by atoms with Gasteiger partial charge in [0.2, 0.25) is 10.0 Å². The summed E-state index contributed by atoms with van der Waals surface area (Å²) in [7, 11) is -1.86. The third-order valence-electron chi connectivity index (χ3n) is 4.61. The minimum absolute atomic E-state index is 0.0998. The molecule has 0 radical (unpaired) electrons. The SMILES string of the molecule is CCn1c(C2CCN(S(=O)(=O)c3cccc(Br)c3)CC2)nn(C)c1=O. The van der Waals surface area contributed by atoms with Crippen molar-refractivity contribution in [1.82, 2.24) is 18.7 Å². The molecule has 0 unspecified atom stereocenters. The lowest BCUT2D eigenvalue weighted by Crippen LogP contribution is -2.38. The molecule has 7 nitrogen and oxygen atoms in total. The number of sulfonamides is 1. The van der Waals surface area contributed by atoms with Crippen molar-refractivity contribution in [2.75, 3.05) is 13.1 Å². The van der Waals surface area contributed by atoms with Crippen molar-refractivity contribution in [1.29, 1.82) is 0 Å². The van der Waals surface area contributed by atoms with Crippen LogP contribution in [0.25, 0.3) is 0 Å². The molecule has 136 valence electrons. The topological polar surface area (TPSA) is 77.2 Å². The van der Waals surface area contributed by atoms with E-state index < -0.39 is 10.0 Å². The van der Waals surface area contributed by atoms with Gasteiger partial charge in [-0.2, -0.15) is 9.40 Å². The van der Waals surface area contributed by atoms with Crippen LogP contribution in [0.1, 0.15) is 31.5 Å². The third kappa shape index (κ3) is 3.45.